The Morgan fingerprint density at radius 2 is 2.11 bits per heavy atom. The van der Waals surface area contributed by atoms with Gasteiger partial charge in [0.2, 0.25) is 0 Å². The minimum Gasteiger partial charge on any atom is -0.497 e. The average molecular weight is 337 g/mol. The lowest BCUT2D eigenvalue weighted by Gasteiger charge is -2.20. The number of halogens is 2. The lowest BCUT2D eigenvalue weighted by atomic mass is 10.2. The van der Waals surface area contributed by atoms with Gasteiger partial charge in [-0.3, -0.25) is 0 Å². The number of ether oxygens (including phenoxy) is 2. The molecule has 0 amide bonds. The second kappa shape index (κ2) is 8.00. The molecular weight excluding hydrogens is 318 g/mol. The summed E-state index contributed by atoms with van der Waals surface area (Å²) in [7, 11) is 5.37. The van der Waals surface area contributed by atoms with Crippen LogP contribution in [0.4, 0.5) is 0 Å². The van der Waals surface area contributed by atoms with Gasteiger partial charge < -0.3 is 14.4 Å². The van der Waals surface area contributed by atoms with E-state index in [4.69, 9.17) is 21.1 Å². The summed E-state index contributed by atoms with van der Waals surface area (Å²) in [6.45, 7) is 2.15. The molecule has 0 aromatic heterocycles. The van der Waals surface area contributed by atoms with Crippen LogP contribution >= 0.6 is 27.5 Å². The average Bonchev–Trinajstić information content (AvgIpc) is 2.32. The van der Waals surface area contributed by atoms with E-state index in [1.165, 1.54) is 5.56 Å². The predicted octanol–water partition coefficient (Wildman–Crippen LogP) is 3.14. The molecule has 0 N–H and O–H groups in total. The molecule has 0 saturated heterocycles. The van der Waals surface area contributed by atoms with Crippen LogP contribution in [0.5, 0.6) is 5.75 Å². The van der Waals surface area contributed by atoms with Gasteiger partial charge in [-0.2, -0.15) is 0 Å². The summed E-state index contributed by atoms with van der Waals surface area (Å²) in [4.78, 5) is 2.16. The molecule has 1 rings (SSSR count). The third-order valence-electron chi connectivity index (χ3n) is 2.55. The van der Waals surface area contributed by atoms with Gasteiger partial charge in [-0.05, 0) is 30.8 Å². The maximum absolute atomic E-state index is 6.14. The molecule has 0 aliphatic heterocycles. The van der Waals surface area contributed by atoms with E-state index >= 15 is 0 Å². The first-order valence-electron chi connectivity index (χ1n) is 5.70. The highest BCUT2D eigenvalue weighted by Gasteiger charge is 2.10. The smallest absolute Gasteiger partial charge is 0.119 e. The standard InChI is InChI=1S/C13H19BrClNO2/c1-16(8-11(15)9-17-2)7-10-6-12(18-3)4-5-13(10)14/h4-6,11H,7-9H2,1-3H3. The number of hydrogen-bond acceptors (Lipinski definition) is 3. The summed E-state index contributed by atoms with van der Waals surface area (Å²) in [5.74, 6) is 0.862. The minimum atomic E-state index is 0.00406. The van der Waals surface area contributed by atoms with Crippen molar-refractivity contribution >= 4 is 27.5 Å². The Bertz CT molecular complexity index is 376. The topological polar surface area (TPSA) is 21.7 Å². The Kier molecular flexibility index (Phi) is 7.00. The highest BCUT2D eigenvalue weighted by molar-refractivity contribution is 9.10. The number of hydrogen-bond donors (Lipinski definition) is 0. The molecule has 1 aromatic carbocycles. The Morgan fingerprint density at radius 1 is 1.39 bits per heavy atom. The largest absolute Gasteiger partial charge is 0.497 e. The molecule has 1 atom stereocenters. The number of alkyl halides is 1. The summed E-state index contributed by atoms with van der Waals surface area (Å²) in [5, 5.41) is 0.00406. The van der Waals surface area contributed by atoms with E-state index in [9.17, 15) is 0 Å². The lowest BCUT2D eigenvalue weighted by molar-refractivity contribution is 0.181. The highest BCUT2D eigenvalue weighted by atomic mass is 79.9. The molecular formula is C13H19BrClNO2. The first-order chi connectivity index (χ1) is 8.56. The highest BCUT2D eigenvalue weighted by Crippen LogP contribution is 2.23. The zero-order valence-corrected chi connectivity index (χ0v) is 13.3. The second-order valence-electron chi connectivity index (χ2n) is 4.21. The van der Waals surface area contributed by atoms with E-state index in [-0.39, 0.29) is 5.38 Å². The first-order valence-corrected chi connectivity index (χ1v) is 6.93. The van der Waals surface area contributed by atoms with Crippen molar-refractivity contribution in [1.82, 2.24) is 4.90 Å². The van der Waals surface area contributed by atoms with Crippen molar-refractivity contribution in [3.05, 3.63) is 28.2 Å². The molecule has 1 unspecified atom stereocenters. The fourth-order valence-corrected chi connectivity index (χ4v) is 2.46. The summed E-state index contributed by atoms with van der Waals surface area (Å²) in [6, 6.07) is 5.96. The number of benzene rings is 1. The zero-order valence-electron chi connectivity index (χ0n) is 11.0. The minimum absolute atomic E-state index is 0.00406. The molecule has 0 bridgehead atoms. The third kappa shape index (κ3) is 5.14. The third-order valence-corrected chi connectivity index (χ3v) is 3.59. The van der Waals surface area contributed by atoms with Gasteiger partial charge >= 0.3 is 0 Å². The predicted molar refractivity (Wildman–Crippen MR) is 78.5 cm³/mol. The van der Waals surface area contributed by atoms with E-state index in [1.807, 2.05) is 25.2 Å². The van der Waals surface area contributed by atoms with Gasteiger partial charge in [0, 0.05) is 24.7 Å². The maximum Gasteiger partial charge on any atom is 0.119 e. The maximum atomic E-state index is 6.14. The first kappa shape index (κ1) is 15.8. The van der Waals surface area contributed by atoms with E-state index in [2.05, 4.69) is 20.8 Å². The lowest BCUT2D eigenvalue weighted by Crippen LogP contribution is -2.28. The van der Waals surface area contributed by atoms with Crippen molar-refractivity contribution in [2.45, 2.75) is 11.9 Å². The Balaban J connectivity index is 2.60. The van der Waals surface area contributed by atoms with Crippen LogP contribution in [0.1, 0.15) is 5.56 Å². The molecule has 0 fully saturated rings. The van der Waals surface area contributed by atoms with Gasteiger partial charge in [-0.15, -0.1) is 11.6 Å². The molecule has 0 saturated carbocycles. The van der Waals surface area contributed by atoms with Gasteiger partial charge in [-0.25, -0.2) is 0 Å². The summed E-state index contributed by atoms with van der Waals surface area (Å²) in [5.41, 5.74) is 1.18. The molecule has 0 heterocycles. The van der Waals surface area contributed by atoms with Gasteiger partial charge in [0.05, 0.1) is 19.1 Å². The van der Waals surface area contributed by atoms with E-state index in [1.54, 1.807) is 14.2 Å². The summed E-state index contributed by atoms with van der Waals surface area (Å²) in [6.07, 6.45) is 0. The van der Waals surface area contributed by atoms with Crippen LogP contribution in [0.15, 0.2) is 22.7 Å². The molecule has 0 aliphatic rings. The quantitative estimate of drug-likeness (QED) is 0.714. The van der Waals surface area contributed by atoms with Crippen molar-refractivity contribution in [3.63, 3.8) is 0 Å². The molecule has 0 radical (unpaired) electrons. The molecule has 0 spiro atoms. The van der Waals surface area contributed by atoms with Crippen LogP contribution < -0.4 is 4.74 Å². The summed E-state index contributed by atoms with van der Waals surface area (Å²) >= 11 is 9.68. The molecule has 3 nitrogen and oxygen atoms in total. The SMILES string of the molecule is COCC(Cl)CN(C)Cc1cc(OC)ccc1Br. The monoisotopic (exact) mass is 335 g/mol. The Labute approximate surface area is 122 Å². The zero-order chi connectivity index (χ0) is 13.5. The number of methoxy groups -OCH3 is 2. The molecule has 0 aliphatic carbocycles. The molecule has 1 aromatic rings. The van der Waals surface area contributed by atoms with Crippen molar-refractivity contribution in [1.29, 1.82) is 0 Å². The van der Waals surface area contributed by atoms with Crippen molar-refractivity contribution in [3.8, 4) is 5.75 Å². The van der Waals surface area contributed by atoms with Crippen LogP contribution in [-0.4, -0.2) is 44.7 Å². The van der Waals surface area contributed by atoms with Gasteiger partial charge in [-0.1, -0.05) is 15.9 Å². The van der Waals surface area contributed by atoms with Gasteiger partial charge in [0.25, 0.3) is 0 Å². The van der Waals surface area contributed by atoms with E-state index in [0.29, 0.717) is 6.61 Å². The number of nitrogens with zero attached hydrogens (tertiary/aromatic N) is 1. The summed E-state index contributed by atoms with van der Waals surface area (Å²) < 4.78 is 11.3. The number of rotatable bonds is 7. The Morgan fingerprint density at radius 3 is 2.72 bits per heavy atom. The second-order valence-corrected chi connectivity index (χ2v) is 5.68. The molecule has 5 heteroatoms. The van der Waals surface area contributed by atoms with E-state index < -0.39 is 0 Å². The fourth-order valence-electron chi connectivity index (χ4n) is 1.73. The van der Waals surface area contributed by atoms with Crippen LogP contribution in [0.25, 0.3) is 0 Å². The molecule has 18 heavy (non-hydrogen) atoms. The molecule has 102 valence electrons. The Hall–Kier alpha value is -0.290. The van der Waals surface area contributed by atoms with Crippen LogP contribution in [0, 0.1) is 0 Å². The normalized spacial score (nSPS) is 12.8. The van der Waals surface area contributed by atoms with Crippen LogP contribution in [0.3, 0.4) is 0 Å². The van der Waals surface area contributed by atoms with E-state index in [0.717, 1.165) is 23.3 Å². The van der Waals surface area contributed by atoms with Crippen molar-refractivity contribution in [2.24, 2.45) is 0 Å². The van der Waals surface area contributed by atoms with Gasteiger partial charge in [0.1, 0.15) is 5.75 Å². The van der Waals surface area contributed by atoms with Crippen molar-refractivity contribution in [2.75, 3.05) is 34.4 Å². The van der Waals surface area contributed by atoms with Crippen LogP contribution in [-0.2, 0) is 11.3 Å². The van der Waals surface area contributed by atoms with Crippen LogP contribution in [0.2, 0.25) is 0 Å². The van der Waals surface area contributed by atoms with Crippen molar-refractivity contribution < 1.29 is 9.47 Å². The van der Waals surface area contributed by atoms with Gasteiger partial charge in [0.15, 0.2) is 0 Å². The fraction of sp³-hybridized carbons (Fsp3) is 0.538.